The molecule has 4 nitrogen and oxygen atoms in total. The molecule has 2 rings (SSSR count). The van der Waals surface area contributed by atoms with E-state index in [-0.39, 0.29) is 0 Å². The molecule has 1 N–H and O–H groups in total. The molecule has 0 bridgehead atoms. The Hall–Kier alpha value is -0.950. The van der Waals surface area contributed by atoms with Crippen LogP contribution in [0.25, 0.3) is 10.1 Å². The molecule has 0 fully saturated rings. The van der Waals surface area contributed by atoms with Crippen molar-refractivity contribution >= 4 is 31.4 Å². The first-order valence-corrected chi connectivity index (χ1v) is 9.39. The third-order valence-corrected chi connectivity index (χ3v) is 6.74. The Labute approximate surface area is 130 Å². The Morgan fingerprint density at radius 2 is 2.00 bits per heavy atom. The lowest BCUT2D eigenvalue weighted by Gasteiger charge is -2.17. The van der Waals surface area contributed by atoms with E-state index in [2.05, 4.69) is 12.2 Å². The quantitative estimate of drug-likeness (QED) is 0.851. The van der Waals surface area contributed by atoms with Gasteiger partial charge in [-0.05, 0) is 19.5 Å². The molecule has 0 aliphatic heterocycles. The zero-order chi connectivity index (χ0) is 15.5. The van der Waals surface area contributed by atoms with Crippen LogP contribution in [0.5, 0.6) is 0 Å². The molecule has 0 saturated heterocycles. The summed E-state index contributed by atoms with van der Waals surface area (Å²) >= 11 is 1.55. The molecule has 0 saturated carbocycles. The normalized spacial score (nSPS) is 12.4. The molecule has 0 spiro atoms. The van der Waals surface area contributed by atoms with Crippen molar-refractivity contribution in [3.8, 4) is 0 Å². The number of hydrogen-bond acceptors (Lipinski definition) is 4. The molecular weight excluding hydrogens is 304 g/mol. The van der Waals surface area contributed by atoms with E-state index >= 15 is 0 Å². The van der Waals surface area contributed by atoms with Gasteiger partial charge in [0.05, 0.1) is 0 Å². The molecule has 6 heteroatoms. The molecule has 0 unspecified atom stereocenters. The fraction of sp³-hybridized carbons (Fsp3) is 0.467. The Bertz CT molecular complexity index is 708. The summed E-state index contributed by atoms with van der Waals surface area (Å²) in [6, 6.07) is 7.71. The second-order valence-electron chi connectivity index (χ2n) is 5.06. The predicted octanol–water partition coefficient (Wildman–Crippen LogP) is 3.04. The third-order valence-electron chi connectivity index (χ3n) is 3.45. The average molecular weight is 326 g/mol. The second-order valence-corrected chi connectivity index (χ2v) is 8.18. The van der Waals surface area contributed by atoms with E-state index in [1.807, 2.05) is 31.3 Å². The summed E-state index contributed by atoms with van der Waals surface area (Å²) in [5.74, 6) is 0. The number of benzene rings is 1. The monoisotopic (exact) mass is 326 g/mol. The van der Waals surface area contributed by atoms with E-state index in [9.17, 15) is 8.42 Å². The van der Waals surface area contributed by atoms with E-state index < -0.39 is 10.0 Å². The molecule has 0 radical (unpaired) electrons. The smallest absolute Gasteiger partial charge is 0.244 e. The topological polar surface area (TPSA) is 49.4 Å². The third kappa shape index (κ3) is 3.29. The van der Waals surface area contributed by atoms with Crippen molar-refractivity contribution in [1.29, 1.82) is 0 Å². The number of unbranched alkanes of at least 4 members (excludes halogenated alkanes) is 1. The van der Waals surface area contributed by atoms with Gasteiger partial charge in [-0.25, -0.2) is 12.7 Å². The number of rotatable bonds is 7. The SMILES string of the molecule is CCCCN(C)S(=O)(=O)c1c(CNC)sc2ccccc12. The zero-order valence-corrected chi connectivity index (χ0v) is 14.4. The van der Waals surface area contributed by atoms with Crippen molar-refractivity contribution < 1.29 is 8.42 Å². The van der Waals surface area contributed by atoms with Crippen LogP contribution in [0, 0.1) is 0 Å². The number of nitrogens with zero attached hydrogens (tertiary/aromatic N) is 1. The lowest BCUT2D eigenvalue weighted by molar-refractivity contribution is 0.459. The summed E-state index contributed by atoms with van der Waals surface area (Å²) < 4.78 is 28.3. The van der Waals surface area contributed by atoms with E-state index in [0.717, 1.165) is 27.8 Å². The number of fused-ring (bicyclic) bond motifs is 1. The molecule has 1 heterocycles. The molecule has 0 aliphatic rings. The van der Waals surface area contributed by atoms with Gasteiger partial charge in [0, 0.05) is 35.1 Å². The van der Waals surface area contributed by atoms with Crippen molar-refractivity contribution in [2.45, 2.75) is 31.2 Å². The molecule has 1 aromatic carbocycles. The molecule has 0 atom stereocenters. The number of thiophene rings is 1. The highest BCUT2D eigenvalue weighted by Crippen LogP contribution is 2.36. The van der Waals surface area contributed by atoms with Gasteiger partial charge < -0.3 is 5.32 Å². The van der Waals surface area contributed by atoms with Crippen LogP contribution in [0.15, 0.2) is 29.2 Å². The van der Waals surface area contributed by atoms with Crippen LogP contribution in [-0.2, 0) is 16.6 Å². The number of nitrogens with one attached hydrogen (secondary N) is 1. The van der Waals surface area contributed by atoms with Crippen LogP contribution < -0.4 is 5.32 Å². The van der Waals surface area contributed by atoms with Gasteiger partial charge in [-0.3, -0.25) is 0 Å². The maximum Gasteiger partial charge on any atom is 0.244 e. The molecule has 116 valence electrons. The minimum atomic E-state index is -3.44. The van der Waals surface area contributed by atoms with Gasteiger partial charge in [-0.2, -0.15) is 0 Å². The lowest BCUT2D eigenvalue weighted by atomic mass is 10.2. The van der Waals surface area contributed by atoms with E-state index in [1.54, 1.807) is 18.4 Å². The first-order chi connectivity index (χ1) is 10.0. The number of sulfonamides is 1. The maximum atomic E-state index is 12.9. The summed E-state index contributed by atoms with van der Waals surface area (Å²) in [7, 11) is 0.0586. The van der Waals surface area contributed by atoms with Gasteiger partial charge in [-0.15, -0.1) is 11.3 Å². The van der Waals surface area contributed by atoms with Crippen molar-refractivity contribution in [2.75, 3.05) is 20.6 Å². The van der Waals surface area contributed by atoms with Gasteiger partial charge in [0.25, 0.3) is 0 Å². The molecule has 1 aromatic heterocycles. The van der Waals surface area contributed by atoms with Crippen molar-refractivity contribution in [1.82, 2.24) is 9.62 Å². The van der Waals surface area contributed by atoms with Gasteiger partial charge in [0.1, 0.15) is 4.90 Å². The van der Waals surface area contributed by atoms with E-state index in [0.29, 0.717) is 18.0 Å². The van der Waals surface area contributed by atoms with Gasteiger partial charge in [0.15, 0.2) is 0 Å². The summed E-state index contributed by atoms with van der Waals surface area (Å²) in [6.07, 6.45) is 1.85. The molecule has 21 heavy (non-hydrogen) atoms. The van der Waals surface area contributed by atoms with Crippen molar-refractivity contribution in [3.05, 3.63) is 29.1 Å². The van der Waals surface area contributed by atoms with Crippen molar-refractivity contribution in [2.24, 2.45) is 0 Å². The van der Waals surface area contributed by atoms with Crippen LogP contribution in [0.3, 0.4) is 0 Å². The molecule has 0 amide bonds. The summed E-state index contributed by atoms with van der Waals surface area (Å²) in [6.45, 7) is 3.18. The Morgan fingerprint density at radius 1 is 1.29 bits per heavy atom. The van der Waals surface area contributed by atoms with Gasteiger partial charge >= 0.3 is 0 Å². The summed E-state index contributed by atoms with van der Waals surface area (Å²) in [5, 5.41) is 3.90. The minimum Gasteiger partial charge on any atom is -0.315 e. The summed E-state index contributed by atoms with van der Waals surface area (Å²) in [5.41, 5.74) is 0. The van der Waals surface area contributed by atoms with Crippen LogP contribution in [-0.4, -0.2) is 33.4 Å². The van der Waals surface area contributed by atoms with Crippen LogP contribution in [0.4, 0.5) is 0 Å². The van der Waals surface area contributed by atoms with Crippen LogP contribution in [0.1, 0.15) is 24.6 Å². The second kappa shape index (κ2) is 6.87. The molecule has 0 aliphatic carbocycles. The van der Waals surface area contributed by atoms with E-state index in [4.69, 9.17) is 0 Å². The highest BCUT2D eigenvalue weighted by Gasteiger charge is 2.27. The zero-order valence-electron chi connectivity index (χ0n) is 12.7. The average Bonchev–Trinajstić information content (AvgIpc) is 2.83. The fourth-order valence-corrected chi connectivity index (χ4v) is 5.40. The summed E-state index contributed by atoms with van der Waals surface area (Å²) in [4.78, 5) is 1.35. The van der Waals surface area contributed by atoms with Crippen LogP contribution in [0.2, 0.25) is 0 Å². The first-order valence-electron chi connectivity index (χ1n) is 7.13. The van der Waals surface area contributed by atoms with Crippen molar-refractivity contribution in [3.63, 3.8) is 0 Å². The van der Waals surface area contributed by atoms with Gasteiger partial charge in [0.2, 0.25) is 10.0 Å². The van der Waals surface area contributed by atoms with Gasteiger partial charge in [-0.1, -0.05) is 31.5 Å². The Morgan fingerprint density at radius 3 is 2.67 bits per heavy atom. The maximum absolute atomic E-state index is 12.9. The Balaban J connectivity index is 2.55. The molecule has 2 aromatic rings. The lowest BCUT2D eigenvalue weighted by Crippen LogP contribution is -2.28. The highest BCUT2D eigenvalue weighted by atomic mass is 32.2. The van der Waals surface area contributed by atoms with E-state index in [1.165, 1.54) is 4.31 Å². The molecular formula is C15H22N2O2S2. The fourth-order valence-electron chi connectivity index (χ4n) is 2.29. The predicted molar refractivity (Wildman–Crippen MR) is 89.3 cm³/mol. The largest absolute Gasteiger partial charge is 0.315 e. The highest BCUT2D eigenvalue weighted by molar-refractivity contribution is 7.89. The minimum absolute atomic E-state index is 0.469. The first kappa shape index (κ1) is 16.4. The number of hydrogen-bond donors (Lipinski definition) is 1. The van der Waals surface area contributed by atoms with Crippen LogP contribution >= 0.6 is 11.3 Å². The Kier molecular flexibility index (Phi) is 5.37. The standard InChI is InChI=1S/C15H22N2O2S2/c1-4-5-10-17(3)21(18,19)15-12-8-6-7-9-13(12)20-14(15)11-16-2/h6-9,16H,4-5,10-11H2,1-3H3.